The van der Waals surface area contributed by atoms with E-state index in [1.54, 1.807) is 0 Å². The first-order chi connectivity index (χ1) is 12.8. The van der Waals surface area contributed by atoms with E-state index in [2.05, 4.69) is 20.9 Å². The van der Waals surface area contributed by atoms with Crippen LogP contribution in [0, 0.1) is 5.82 Å². The van der Waals surface area contributed by atoms with E-state index < -0.39 is 17.6 Å². The van der Waals surface area contributed by atoms with Gasteiger partial charge in [-0.3, -0.25) is 9.79 Å². The smallest absolute Gasteiger partial charge is 0.352 e. The Bertz CT molecular complexity index is 793. The lowest BCUT2D eigenvalue weighted by Gasteiger charge is -2.13. The van der Waals surface area contributed by atoms with Gasteiger partial charge >= 0.3 is 6.18 Å². The van der Waals surface area contributed by atoms with Gasteiger partial charge in [-0.05, 0) is 42.0 Å². The number of hydrogen-bond acceptors (Lipinski definition) is 2. The van der Waals surface area contributed by atoms with Gasteiger partial charge in [0.1, 0.15) is 5.82 Å². The van der Waals surface area contributed by atoms with Crippen molar-refractivity contribution in [1.82, 2.24) is 10.6 Å². The van der Waals surface area contributed by atoms with Crippen LogP contribution in [0.3, 0.4) is 0 Å². The van der Waals surface area contributed by atoms with Crippen molar-refractivity contribution in [3.05, 3.63) is 65.5 Å². The first kappa shape index (κ1) is 23.7. The summed E-state index contributed by atoms with van der Waals surface area (Å²) in [6.07, 6.45) is -4.37. The van der Waals surface area contributed by atoms with Crippen LogP contribution in [0.4, 0.5) is 23.2 Å². The standard InChI is InChI=1S/C18H18F4N4O.HI/c1-23-17(24-10-12-2-4-13(5-3-12)18(20,21)22)25-11-16(27)26-15-8-6-14(19)7-9-15;/h2-9H,10-11H2,1H3,(H,26,27)(H2,23,24,25);1H. The van der Waals surface area contributed by atoms with Crippen molar-refractivity contribution in [3.8, 4) is 0 Å². The number of carbonyl (C=O) groups is 1. The predicted molar refractivity (Wildman–Crippen MR) is 110 cm³/mol. The van der Waals surface area contributed by atoms with E-state index in [4.69, 9.17) is 0 Å². The molecule has 0 bridgehead atoms. The first-order valence-electron chi connectivity index (χ1n) is 7.94. The molecule has 0 aliphatic heterocycles. The largest absolute Gasteiger partial charge is 0.416 e. The van der Waals surface area contributed by atoms with Crippen LogP contribution in [-0.2, 0) is 17.5 Å². The van der Waals surface area contributed by atoms with Gasteiger partial charge < -0.3 is 16.0 Å². The Morgan fingerprint density at radius 1 is 1.00 bits per heavy atom. The number of halogens is 5. The lowest BCUT2D eigenvalue weighted by atomic mass is 10.1. The molecule has 2 aromatic rings. The van der Waals surface area contributed by atoms with Gasteiger partial charge in [0.05, 0.1) is 12.1 Å². The highest BCUT2D eigenvalue weighted by Gasteiger charge is 2.29. The van der Waals surface area contributed by atoms with Crippen LogP contribution >= 0.6 is 24.0 Å². The molecule has 0 fully saturated rings. The fourth-order valence-corrected chi connectivity index (χ4v) is 2.12. The molecule has 0 heterocycles. The van der Waals surface area contributed by atoms with Gasteiger partial charge in [-0.15, -0.1) is 24.0 Å². The average Bonchev–Trinajstić information content (AvgIpc) is 2.63. The SMILES string of the molecule is CN=C(NCC(=O)Nc1ccc(F)cc1)NCc1ccc(C(F)(F)F)cc1.I. The molecule has 0 aliphatic carbocycles. The molecule has 0 atom stereocenters. The molecule has 0 saturated heterocycles. The summed E-state index contributed by atoms with van der Waals surface area (Å²) in [5.41, 5.74) is 0.365. The summed E-state index contributed by atoms with van der Waals surface area (Å²) in [6.45, 7) is 0.140. The molecule has 28 heavy (non-hydrogen) atoms. The van der Waals surface area contributed by atoms with Crippen LogP contribution < -0.4 is 16.0 Å². The Morgan fingerprint density at radius 3 is 2.14 bits per heavy atom. The second kappa shape index (κ2) is 10.8. The predicted octanol–water partition coefficient (Wildman–Crippen LogP) is 3.77. The van der Waals surface area contributed by atoms with Gasteiger partial charge in [-0.2, -0.15) is 13.2 Å². The lowest BCUT2D eigenvalue weighted by molar-refractivity contribution is -0.137. The Morgan fingerprint density at radius 2 is 1.61 bits per heavy atom. The lowest BCUT2D eigenvalue weighted by Crippen LogP contribution is -2.41. The van der Waals surface area contributed by atoms with Gasteiger partial charge in [-0.1, -0.05) is 12.1 Å². The van der Waals surface area contributed by atoms with Crippen LogP contribution in [0.25, 0.3) is 0 Å². The molecule has 0 aliphatic rings. The number of nitrogens with one attached hydrogen (secondary N) is 3. The fourth-order valence-electron chi connectivity index (χ4n) is 2.12. The van der Waals surface area contributed by atoms with Gasteiger partial charge in [-0.25, -0.2) is 4.39 Å². The van der Waals surface area contributed by atoms with E-state index in [9.17, 15) is 22.4 Å². The van der Waals surface area contributed by atoms with Crippen LogP contribution in [0.15, 0.2) is 53.5 Å². The molecule has 3 N–H and O–H groups in total. The summed E-state index contributed by atoms with van der Waals surface area (Å²) < 4.78 is 50.4. The molecule has 0 aromatic heterocycles. The second-order valence-electron chi connectivity index (χ2n) is 5.53. The number of rotatable bonds is 5. The highest BCUT2D eigenvalue weighted by molar-refractivity contribution is 14.0. The number of aliphatic imine (C=N–C) groups is 1. The molecule has 2 aromatic carbocycles. The molecule has 2 rings (SSSR count). The fraction of sp³-hybridized carbons (Fsp3) is 0.222. The topological polar surface area (TPSA) is 65.5 Å². The average molecular weight is 510 g/mol. The van der Waals surface area contributed by atoms with E-state index in [0.717, 1.165) is 12.1 Å². The third kappa shape index (κ3) is 7.71. The summed E-state index contributed by atoms with van der Waals surface area (Å²) in [7, 11) is 1.50. The van der Waals surface area contributed by atoms with Crippen molar-refractivity contribution < 1.29 is 22.4 Å². The Labute approximate surface area is 176 Å². The first-order valence-corrected chi connectivity index (χ1v) is 7.94. The minimum absolute atomic E-state index is 0. The molecular weight excluding hydrogens is 491 g/mol. The Hall–Kier alpha value is -2.37. The molecule has 0 saturated carbocycles. The molecular formula is C18H19F4IN4O. The van der Waals surface area contributed by atoms with Crippen molar-refractivity contribution in [3.63, 3.8) is 0 Å². The van der Waals surface area contributed by atoms with Crippen LogP contribution in [0.1, 0.15) is 11.1 Å². The number of guanidine groups is 1. The van der Waals surface area contributed by atoms with Crippen LogP contribution in [-0.4, -0.2) is 25.5 Å². The molecule has 5 nitrogen and oxygen atoms in total. The van der Waals surface area contributed by atoms with Crippen LogP contribution in [0.5, 0.6) is 0 Å². The van der Waals surface area contributed by atoms with Gasteiger partial charge in [0.15, 0.2) is 5.96 Å². The second-order valence-corrected chi connectivity index (χ2v) is 5.53. The molecule has 0 unspecified atom stereocenters. The van der Waals surface area contributed by atoms with E-state index in [-0.39, 0.29) is 43.0 Å². The summed E-state index contributed by atoms with van der Waals surface area (Å²) in [4.78, 5) is 15.8. The third-order valence-corrected chi connectivity index (χ3v) is 3.51. The number of nitrogens with zero attached hydrogens (tertiary/aromatic N) is 1. The summed E-state index contributed by atoms with van der Waals surface area (Å²) >= 11 is 0. The van der Waals surface area contributed by atoms with Gasteiger partial charge in [0.2, 0.25) is 5.91 Å². The van der Waals surface area contributed by atoms with E-state index in [0.29, 0.717) is 17.2 Å². The monoisotopic (exact) mass is 510 g/mol. The minimum atomic E-state index is -4.37. The maximum absolute atomic E-state index is 12.8. The highest BCUT2D eigenvalue weighted by Crippen LogP contribution is 2.29. The maximum Gasteiger partial charge on any atom is 0.416 e. The summed E-state index contributed by atoms with van der Waals surface area (Å²) in [5, 5.41) is 8.26. The van der Waals surface area contributed by atoms with Crippen molar-refractivity contribution in [2.24, 2.45) is 4.99 Å². The minimum Gasteiger partial charge on any atom is -0.352 e. The third-order valence-electron chi connectivity index (χ3n) is 3.51. The van der Waals surface area contributed by atoms with Crippen molar-refractivity contribution in [1.29, 1.82) is 0 Å². The number of anilines is 1. The van der Waals surface area contributed by atoms with E-state index >= 15 is 0 Å². The summed E-state index contributed by atoms with van der Waals surface area (Å²) in [6, 6.07) is 10.1. The quantitative estimate of drug-likeness (QED) is 0.249. The zero-order chi connectivity index (χ0) is 19.9. The summed E-state index contributed by atoms with van der Waals surface area (Å²) in [5.74, 6) is -0.456. The van der Waals surface area contributed by atoms with Crippen molar-refractivity contribution in [2.45, 2.75) is 12.7 Å². The molecule has 10 heteroatoms. The highest BCUT2D eigenvalue weighted by atomic mass is 127. The number of hydrogen-bond donors (Lipinski definition) is 3. The zero-order valence-electron chi connectivity index (χ0n) is 14.8. The number of carbonyl (C=O) groups excluding carboxylic acids is 1. The van der Waals surface area contributed by atoms with Gasteiger partial charge in [0, 0.05) is 19.3 Å². The Balaban J connectivity index is 0.00000392. The van der Waals surface area contributed by atoms with Gasteiger partial charge in [0.25, 0.3) is 0 Å². The number of benzene rings is 2. The number of amides is 1. The van der Waals surface area contributed by atoms with E-state index in [1.807, 2.05) is 0 Å². The Kier molecular flexibility index (Phi) is 9.16. The molecule has 1 amide bonds. The molecule has 0 spiro atoms. The number of alkyl halides is 3. The normalized spacial score (nSPS) is 11.4. The van der Waals surface area contributed by atoms with Crippen molar-refractivity contribution in [2.75, 3.05) is 18.9 Å². The zero-order valence-corrected chi connectivity index (χ0v) is 17.1. The van der Waals surface area contributed by atoms with Crippen LogP contribution in [0.2, 0.25) is 0 Å². The van der Waals surface area contributed by atoms with Crippen molar-refractivity contribution >= 4 is 41.5 Å². The molecule has 152 valence electrons. The maximum atomic E-state index is 12.8. The van der Waals surface area contributed by atoms with E-state index in [1.165, 1.54) is 43.4 Å². The molecule has 0 radical (unpaired) electrons.